The highest BCUT2D eigenvalue weighted by Gasteiger charge is 2.15. The van der Waals surface area contributed by atoms with Crippen molar-refractivity contribution in [3.05, 3.63) is 100 Å². The number of rotatable bonds is 10. The zero-order valence-electron chi connectivity index (χ0n) is 23.4. The third-order valence-corrected chi connectivity index (χ3v) is 6.90. The fraction of sp³-hybridized carbons (Fsp3) is 0.138. The zero-order chi connectivity index (χ0) is 31.1. The number of imidazole rings is 1. The van der Waals surface area contributed by atoms with Crippen LogP contribution < -0.4 is 15.5 Å². The molecule has 5 aromatic rings. The molecule has 0 aliphatic heterocycles. The summed E-state index contributed by atoms with van der Waals surface area (Å²) in [6.45, 7) is 0. The highest BCUT2D eigenvalue weighted by Crippen LogP contribution is 2.29. The van der Waals surface area contributed by atoms with Crippen molar-refractivity contribution >= 4 is 47.0 Å². The maximum Gasteiger partial charge on any atom is 0.411 e. The second-order valence-corrected chi connectivity index (χ2v) is 10.0. The molecular formula is C29H25Cl2N9O4. The second kappa shape index (κ2) is 13.8. The Kier molecular flexibility index (Phi) is 9.47. The van der Waals surface area contributed by atoms with E-state index in [-0.39, 0.29) is 0 Å². The van der Waals surface area contributed by atoms with Crippen molar-refractivity contribution in [3.63, 3.8) is 0 Å². The van der Waals surface area contributed by atoms with Gasteiger partial charge in [-0.3, -0.25) is 15.5 Å². The minimum Gasteiger partial charge on any atom is -0.481 e. The Labute approximate surface area is 261 Å². The van der Waals surface area contributed by atoms with Crippen molar-refractivity contribution < 1.29 is 19.1 Å². The van der Waals surface area contributed by atoms with Crippen LogP contribution in [0, 0.1) is 0 Å². The average Bonchev–Trinajstić information content (AvgIpc) is 3.71. The number of benzene rings is 2. The van der Waals surface area contributed by atoms with Gasteiger partial charge in [-0.15, -0.1) is 5.10 Å². The predicted molar refractivity (Wildman–Crippen MR) is 164 cm³/mol. The van der Waals surface area contributed by atoms with Crippen molar-refractivity contribution in [2.45, 2.75) is 12.8 Å². The van der Waals surface area contributed by atoms with Crippen molar-refractivity contribution in [2.75, 3.05) is 25.0 Å². The third kappa shape index (κ3) is 7.38. The minimum absolute atomic E-state index is 0.325. The van der Waals surface area contributed by atoms with Gasteiger partial charge in [-0.2, -0.15) is 4.68 Å². The normalized spacial score (nSPS) is 11.0. The Morgan fingerprint density at radius 1 is 1.05 bits per heavy atom. The molecule has 5 rings (SSSR count). The number of carbonyl (C=O) groups excluding carboxylic acids is 2. The lowest BCUT2D eigenvalue weighted by molar-refractivity contribution is -0.112. The van der Waals surface area contributed by atoms with E-state index >= 15 is 0 Å². The molecule has 0 atom stereocenters. The van der Waals surface area contributed by atoms with E-state index in [4.69, 9.17) is 32.9 Å². The van der Waals surface area contributed by atoms with E-state index in [1.165, 1.54) is 24.2 Å². The molecular weight excluding hydrogens is 609 g/mol. The van der Waals surface area contributed by atoms with Crippen LogP contribution in [-0.2, 0) is 22.4 Å². The molecule has 0 fully saturated rings. The summed E-state index contributed by atoms with van der Waals surface area (Å²) >= 11 is 12.5. The van der Waals surface area contributed by atoms with Crippen LogP contribution in [0.5, 0.6) is 5.88 Å². The maximum atomic E-state index is 13.1. The van der Waals surface area contributed by atoms with Gasteiger partial charge >= 0.3 is 6.09 Å². The van der Waals surface area contributed by atoms with Crippen LogP contribution in [0.1, 0.15) is 17.0 Å². The number of carbonyl (C=O) groups is 2. The van der Waals surface area contributed by atoms with E-state index in [0.29, 0.717) is 62.8 Å². The van der Waals surface area contributed by atoms with E-state index in [2.05, 4.69) is 36.0 Å². The number of amides is 2. The average molecular weight is 634 g/mol. The van der Waals surface area contributed by atoms with Crippen LogP contribution in [0.4, 0.5) is 10.5 Å². The molecule has 15 heteroatoms. The number of nitrogens with one attached hydrogen (secondary N) is 2. The van der Waals surface area contributed by atoms with Gasteiger partial charge in [-0.05, 0) is 58.8 Å². The van der Waals surface area contributed by atoms with Gasteiger partial charge in [0.25, 0.3) is 5.91 Å². The first-order valence-electron chi connectivity index (χ1n) is 13.1. The molecule has 2 amide bonds. The first-order valence-corrected chi connectivity index (χ1v) is 13.8. The summed E-state index contributed by atoms with van der Waals surface area (Å²) in [5, 5.41) is 14.6. The number of methoxy groups -OCH3 is 2. The first-order chi connectivity index (χ1) is 21.3. The Balaban J connectivity index is 1.42. The molecule has 13 nitrogen and oxygen atoms in total. The van der Waals surface area contributed by atoms with Gasteiger partial charge in [-0.1, -0.05) is 35.3 Å². The number of hydrogen-bond donors (Lipinski definition) is 2. The van der Waals surface area contributed by atoms with Crippen LogP contribution in [0.2, 0.25) is 10.0 Å². The maximum absolute atomic E-state index is 13.1. The van der Waals surface area contributed by atoms with E-state index in [9.17, 15) is 9.59 Å². The summed E-state index contributed by atoms with van der Waals surface area (Å²) in [5.74, 6) is 0.666. The van der Waals surface area contributed by atoms with Crippen LogP contribution >= 0.6 is 23.2 Å². The summed E-state index contributed by atoms with van der Waals surface area (Å²) in [4.78, 5) is 34.0. The van der Waals surface area contributed by atoms with Crippen LogP contribution in [0.15, 0.2) is 73.3 Å². The van der Waals surface area contributed by atoms with Crippen LogP contribution in [-0.4, -0.2) is 61.1 Å². The zero-order valence-corrected chi connectivity index (χ0v) is 25.0. The molecule has 0 spiro atoms. The van der Waals surface area contributed by atoms with Gasteiger partial charge < -0.3 is 9.47 Å². The van der Waals surface area contributed by atoms with Gasteiger partial charge in [0.15, 0.2) is 0 Å². The largest absolute Gasteiger partial charge is 0.481 e. The molecule has 0 bridgehead atoms. The Morgan fingerprint density at radius 3 is 2.64 bits per heavy atom. The van der Waals surface area contributed by atoms with E-state index in [1.54, 1.807) is 72.7 Å². The monoisotopic (exact) mass is 633 g/mol. The molecule has 3 heterocycles. The summed E-state index contributed by atoms with van der Waals surface area (Å²) < 4.78 is 12.9. The lowest BCUT2D eigenvalue weighted by atomic mass is 10.1. The van der Waals surface area contributed by atoms with Crippen LogP contribution in [0.25, 0.3) is 23.0 Å². The molecule has 0 aliphatic carbocycles. The number of halogens is 2. The summed E-state index contributed by atoms with van der Waals surface area (Å²) in [6.07, 6.45) is 8.24. The standard InChI is InChI=1S/C29H25Cl2N9O4/c1-43-28-12-4-18(15-32-28)3-10-26-34-24(19-5-8-22(31)23(14-19)35-29(42)44-2)16-39(26)36-27(41)11-6-20-13-21(30)7-9-25(20)40-17-33-37-38-40/h4-9,11-17H,3,10H2,1-2H3,(H,35,42)(H,36,41). The SMILES string of the molecule is COC(=O)Nc1cc(-c2cn(NC(=O)C=Cc3cc(Cl)ccc3-n3cnnn3)c(CCc3ccc(OC)nc3)n2)ccc1Cl. The molecule has 0 aliphatic rings. The molecule has 0 saturated carbocycles. The number of ether oxygens (including phenoxy) is 2. The van der Waals surface area contributed by atoms with Crippen molar-refractivity contribution in [1.29, 1.82) is 0 Å². The molecule has 0 unspecified atom stereocenters. The molecule has 3 aromatic heterocycles. The number of pyridine rings is 1. The molecule has 0 radical (unpaired) electrons. The third-order valence-electron chi connectivity index (χ3n) is 6.34. The highest BCUT2D eigenvalue weighted by molar-refractivity contribution is 6.33. The fourth-order valence-electron chi connectivity index (χ4n) is 4.17. The molecule has 44 heavy (non-hydrogen) atoms. The van der Waals surface area contributed by atoms with E-state index in [0.717, 1.165) is 5.56 Å². The highest BCUT2D eigenvalue weighted by atomic mass is 35.5. The van der Waals surface area contributed by atoms with E-state index in [1.807, 2.05) is 6.07 Å². The number of anilines is 1. The number of nitrogens with zero attached hydrogens (tertiary/aromatic N) is 7. The summed E-state index contributed by atoms with van der Waals surface area (Å²) in [5.41, 5.74) is 6.63. The van der Waals surface area contributed by atoms with E-state index < -0.39 is 12.0 Å². The lowest BCUT2D eigenvalue weighted by Crippen LogP contribution is -2.22. The van der Waals surface area contributed by atoms with Crippen molar-refractivity contribution in [1.82, 2.24) is 34.9 Å². The molecule has 2 N–H and O–H groups in total. The molecule has 0 saturated heterocycles. The summed E-state index contributed by atoms with van der Waals surface area (Å²) in [7, 11) is 2.81. The Bertz CT molecular complexity index is 1810. The lowest BCUT2D eigenvalue weighted by Gasteiger charge is -2.09. The van der Waals surface area contributed by atoms with Gasteiger partial charge in [0.1, 0.15) is 12.2 Å². The number of tetrazole rings is 1. The quantitative estimate of drug-likeness (QED) is 0.203. The smallest absolute Gasteiger partial charge is 0.411 e. The fourth-order valence-corrected chi connectivity index (χ4v) is 4.51. The first kappa shape index (κ1) is 30.2. The van der Waals surface area contributed by atoms with Crippen LogP contribution in [0.3, 0.4) is 0 Å². The minimum atomic E-state index is -0.662. The van der Waals surface area contributed by atoms with Gasteiger partial charge in [0.2, 0.25) is 5.88 Å². The predicted octanol–water partition coefficient (Wildman–Crippen LogP) is 4.98. The summed E-state index contributed by atoms with van der Waals surface area (Å²) in [6, 6.07) is 13.9. The topological polar surface area (TPSA) is 151 Å². The van der Waals surface area contributed by atoms with Crippen molar-refractivity contribution in [2.24, 2.45) is 0 Å². The van der Waals surface area contributed by atoms with Gasteiger partial charge in [0, 0.05) is 40.9 Å². The Morgan fingerprint density at radius 2 is 1.91 bits per heavy atom. The van der Waals surface area contributed by atoms with Crippen molar-refractivity contribution in [3.8, 4) is 22.8 Å². The molecule has 2 aromatic carbocycles. The van der Waals surface area contributed by atoms with Gasteiger partial charge in [-0.25, -0.2) is 19.4 Å². The number of aryl methyl sites for hydroxylation is 2. The number of aromatic nitrogens is 7. The number of hydrogen-bond acceptors (Lipinski definition) is 9. The Hall–Kier alpha value is -5.27. The molecule has 224 valence electrons. The second-order valence-electron chi connectivity index (χ2n) is 9.20. The van der Waals surface area contributed by atoms with Gasteiger partial charge in [0.05, 0.1) is 42.5 Å².